The molecule has 1 atom stereocenters. The van der Waals surface area contributed by atoms with Gasteiger partial charge in [0.05, 0.1) is 10.7 Å². The van der Waals surface area contributed by atoms with Crippen LogP contribution >= 0.6 is 11.6 Å². The molecule has 2 aromatic carbocycles. The number of phenolic OH excluding ortho intramolecular Hbond substituents is 2. The second kappa shape index (κ2) is 6.98. The van der Waals surface area contributed by atoms with Crippen LogP contribution in [-0.2, 0) is 4.79 Å². The highest BCUT2D eigenvalue weighted by molar-refractivity contribution is 6.35. The lowest BCUT2D eigenvalue weighted by Crippen LogP contribution is -2.27. The fraction of sp³-hybridized carbons (Fsp3) is 0.0952. The predicted octanol–water partition coefficient (Wildman–Crippen LogP) is 4.07. The molecule has 0 aliphatic rings. The Hall–Kier alpha value is -3.38. The van der Waals surface area contributed by atoms with E-state index in [1.807, 2.05) is 6.07 Å². The third-order valence-electron chi connectivity index (χ3n) is 4.52. The van der Waals surface area contributed by atoms with Gasteiger partial charge in [-0.05, 0) is 30.3 Å². The highest BCUT2D eigenvalue weighted by atomic mass is 35.5. The van der Waals surface area contributed by atoms with Crippen LogP contribution in [0.2, 0.25) is 5.02 Å². The summed E-state index contributed by atoms with van der Waals surface area (Å²) in [6.07, 6.45) is 1.56. The molecule has 0 aliphatic carbocycles. The number of amides is 1. The molecular weight excluding hydrogens is 378 g/mol. The SMILES string of the molecule is CC(=O)NC(c1ccc2cccc(O)c2n1)c1cc(Cl)c2cccnc2c1O. The number of phenols is 2. The van der Waals surface area contributed by atoms with Gasteiger partial charge in [-0.3, -0.25) is 9.78 Å². The van der Waals surface area contributed by atoms with Crippen LogP contribution in [0.4, 0.5) is 0 Å². The van der Waals surface area contributed by atoms with Crippen molar-refractivity contribution >= 4 is 39.3 Å². The number of hydrogen-bond acceptors (Lipinski definition) is 5. The molecule has 4 rings (SSSR count). The smallest absolute Gasteiger partial charge is 0.217 e. The number of rotatable bonds is 3. The third-order valence-corrected chi connectivity index (χ3v) is 4.83. The summed E-state index contributed by atoms with van der Waals surface area (Å²) in [7, 11) is 0. The Morgan fingerprint density at radius 3 is 2.71 bits per heavy atom. The van der Waals surface area contributed by atoms with Crippen molar-refractivity contribution in [3.05, 3.63) is 71.0 Å². The molecule has 0 radical (unpaired) electrons. The number of halogens is 1. The van der Waals surface area contributed by atoms with E-state index >= 15 is 0 Å². The Kier molecular flexibility index (Phi) is 4.49. The van der Waals surface area contributed by atoms with Crippen molar-refractivity contribution in [1.29, 1.82) is 0 Å². The summed E-state index contributed by atoms with van der Waals surface area (Å²) in [6.45, 7) is 1.38. The molecule has 3 N–H and O–H groups in total. The highest BCUT2D eigenvalue weighted by Crippen LogP contribution is 2.38. The van der Waals surface area contributed by atoms with Gasteiger partial charge >= 0.3 is 0 Å². The molecule has 1 amide bonds. The first kappa shape index (κ1) is 18.0. The number of hydrogen-bond donors (Lipinski definition) is 3. The van der Waals surface area contributed by atoms with E-state index in [4.69, 9.17) is 11.6 Å². The molecule has 7 heteroatoms. The fourth-order valence-electron chi connectivity index (χ4n) is 3.25. The number of benzene rings is 2. The molecule has 28 heavy (non-hydrogen) atoms. The van der Waals surface area contributed by atoms with Gasteiger partial charge in [-0.2, -0.15) is 0 Å². The van der Waals surface area contributed by atoms with E-state index in [1.165, 1.54) is 6.92 Å². The Labute approximate surface area is 165 Å². The summed E-state index contributed by atoms with van der Waals surface area (Å²) in [5.41, 5.74) is 1.56. The Morgan fingerprint density at radius 2 is 1.93 bits per heavy atom. The number of nitrogens with zero attached hydrogens (tertiary/aromatic N) is 2. The van der Waals surface area contributed by atoms with Crippen molar-refractivity contribution in [2.45, 2.75) is 13.0 Å². The normalized spacial score (nSPS) is 12.2. The number of carbonyl (C=O) groups is 1. The molecule has 0 aliphatic heterocycles. The van der Waals surface area contributed by atoms with E-state index < -0.39 is 6.04 Å². The van der Waals surface area contributed by atoms with Crippen molar-refractivity contribution in [3.8, 4) is 11.5 Å². The topological polar surface area (TPSA) is 95.3 Å². The Bertz CT molecular complexity index is 1230. The molecule has 1 unspecified atom stereocenters. The molecule has 6 nitrogen and oxygen atoms in total. The number of carbonyl (C=O) groups excluding carboxylic acids is 1. The number of aromatic nitrogens is 2. The standard InChI is InChI=1S/C21H16ClN3O3/c1-11(26)24-19(16-8-7-12-4-2-6-17(27)18(12)25-16)14-10-15(22)13-5-3-9-23-20(13)21(14)28/h2-10,19,27-28H,1H3,(H,24,26). The van der Waals surface area contributed by atoms with Crippen LogP contribution in [0.25, 0.3) is 21.8 Å². The summed E-state index contributed by atoms with van der Waals surface area (Å²) in [4.78, 5) is 20.6. The fourth-order valence-corrected chi connectivity index (χ4v) is 3.52. The summed E-state index contributed by atoms with van der Waals surface area (Å²) in [5.74, 6) is -0.359. The molecular formula is C21H16ClN3O3. The Morgan fingerprint density at radius 1 is 1.11 bits per heavy atom. The summed E-state index contributed by atoms with van der Waals surface area (Å²) in [5, 5.41) is 25.5. The van der Waals surface area contributed by atoms with Crippen LogP contribution < -0.4 is 5.32 Å². The molecule has 4 aromatic rings. The minimum Gasteiger partial charge on any atom is -0.506 e. The van der Waals surface area contributed by atoms with Crippen molar-refractivity contribution in [2.75, 3.05) is 0 Å². The first-order valence-electron chi connectivity index (χ1n) is 8.57. The van der Waals surface area contributed by atoms with Gasteiger partial charge < -0.3 is 15.5 Å². The van der Waals surface area contributed by atoms with Gasteiger partial charge in [-0.1, -0.05) is 29.8 Å². The molecule has 140 valence electrons. The van der Waals surface area contributed by atoms with Gasteiger partial charge in [-0.25, -0.2) is 4.98 Å². The quantitative estimate of drug-likeness (QED) is 0.487. The van der Waals surface area contributed by atoms with Gasteiger partial charge in [0.15, 0.2) is 0 Å². The highest BCUT2D eigenvalue weighted by Gasteiger charge is 2.24. The third kappa shape index (κ3) is 3.08. The van der Waals surface area contributed by atoms with E-state index in [0.29, 0.717) is 32.7 Å². The predicted molar refractivity (Wildman–Crippen MR) is 107 cm³/mol. The molecule has 2 heterocycles. The summed E-state index contributed by atoms with van der Waals surface area (Å²) >= 11 is 6.40. The van der Waals surface area contributed by atoms with Crippen LogP contribution in [-0.4, -0.2) is 26.1 Å². The zero-order valence-electron chi connectivity index (χ0n) is 14.8. The van der Waals surface area contributed by atoms with Crippen molar-refractivity contribution in [3.63, 3.8) is 0 Å². The van der Waals surface area contributed by atoms with Crippen LogP contribution in [0.15, 0.2) is 54.7 Å². The van der Waals surface area contributed by atoms with E-state index in [1.54, 1.807) is 48.7 Å². The molecule has 0 saturated carbocycles. The first-order valence-corrected chi connectivity index (χ1v) is 8.95. The van der Waals surface area contributed by atoms with E-state index in [0.717, 1.165) is 5.39 Å². The van der Waals surface area contributed by atoms with Crippen LogP contribution in [0, 0.1) is 0 Å². The monoisotopic (exact) mass is 393 g/mol. The second-order valence-electron chi connectivity index (χ2n) is 6.41. The minimum atomic E-state index is -0.773. The second-order valence-corrected chi connectivity index (χ2v) is 6.82. The number of nitrogens with one attached hydrogen (secondary N) is 1. The average Bonchev–Trinajstić information content (AvgIpc) is 2.69. The largest absolute Gasteiger partial charge is 0.506 e. The van der Waals surface area contributed by atoms with Gasteiger partial charge in [-0.15, -0.1) is 0 Å². The zero-order chi connectivity index (χ0) is 19.8. The first-order chi connectivity index (χ1) is 13.5. The molecule has 0 spiro atoms. The summed E-state index contributed by atoms with van der Waals surface area (Å²) < 4.78 is 0. The maximum atomic E-state index is 11.9. The lowest BCUT2D eigenvalue weighted by molar-refractivity contribution is -0.119. The lowest BCUT2D eigenvalue weighted by Gasteiger charge is -2.21. The molecule has 2 aromatic heterocycles. The van der Waals surface area contributed by atoms with Crippen LogP contribution in [0.3, 0.4) is 0 Å². The van der Waals surface area contributed by atoms with Gasteiger partial charge in [0.1, 0.15) is 28.6 Å². The van der Waals surface area contributed by atoms with Crippen LogP contribution in [0.1, 0.15) is 24.2 Å². The lowest BCUT2D eigenvalue weighted by atomic mass is 9.99. The van der Waals surface area contributed by atoms with E-state index in [9.17, 15) is 15.0 Å². The van der Waals surface area contributed by atoms with E-state index in [-0.39, 0.29) is 17.4 Å². The summed E-state index contributed by atoms with van der Waals surface area (Å²) in [6, 6.07) is 12.9. The van der Waals surface area contributed by atoms with Crippen LogP contribution in [0.5, 0.6) is 11.5 Å². The maximum Gasteiger partial charge on any atom is 0.217 e. The van der Waals surface area contributed by atoms with Crippen molar-refractivity contribution in [2.24, 2.45) is 0 Å². The molecule has 0 saturated heterocycles. The zero-order valence-corrected chi connectivity index (χ0v) is 15.6. The maximum absolute atomic E-state index is 11.9. The number of pyridine rings is 2. The Balaban J connectivity index is 1.95. The van der Waals surface area contributed by atoms with Crippen molar-refractivity contribution in [1.82, 2.24) is 15.3 Å². The van der Waals surface area contributed by atoms with Gasteiger partial charge in [0.2, 0.25) is 5.91 Å². The van der Waals surface area contributed by atoms with Gasteiger partial charge in [0.25, 0.3) is 0 Å². The molecule has 0 fully saturated rings. The van der Waals surface area contributed by atoms with E-state index in [2.05, 4.69) is 15.3 Å². The number of aromatic hydroxyl groups is 2. The molecule has 0 bridgehead atoms. The van der Waals surface area contributed by atoms with Gasteiger partial charge in [0, 0.05) is 29.5 Å². The van der Waals surface area contributed by atoms with Crippen molar-refractivity contribution < 1.29 is 15.0 Å². The number of fused-ring (bicyclic) bond motifs is 2. The average molecular weight is 394 g/mol. The minimum absolute atomic E-state index is 0.0309. The number of para-hydroxylation sites is 1.